The molecular formula is C15H22N2O4. The van der Waals surface area contributed by atoms with Crippen molar-refractivity contribution in [3.8, 4) is 11.5 Å². The molecule has 0 radical (unpaired) electrons. The first-order valence-corrected chi connectivity index (χ1v) is 7.18. The number of phenolic OH excluding ortho intramolecular Hbond substituents is 1. The molecule has 21 heavy (non-hydrogen) atoms. The predicted octanol–water partition coefficient (Wildman–Crippen LogP) is 0.899. The van der Waals surface area contributed by atoms with Gasteiger partial charge in [0.2, 0.25) is 0 Å². The van der Waals surface area contributed by atoms with Crippen molar-refractivity contribution in [3.63, 3.8) is 0 Å². The highest BCUT2D eigenvalue weighted by Crippen LogP contribution is 2.26. The number of piperidine rings is 1. The highest BCUT2D eigenvalue weighted by molar-refractivity contribution is 5.94. The number of hydrogen-bond acceptors (Lipinski definition) is 5. The molecule has 1 aromatic carbocycles. The van der Waals surface area contributed by atoms with Gasteiger partial charge >= 0.3 is 0 Å². The van der Waals surface area contributed by atoms with Crippen molar-refractivity contribution in [2.45, 2.75) is 18.9 Å². The summed E-state index contributed by atoms with van der Waals surface area (Å²) in [6.07, 6.45) is 2.31. The second-order valence-corrected chi connectivity index (χ2v) is 4.96. The molecule has 0 bridgehead atoms. The van der Waals surface area contributed by atoms with Crippen molar-refractivity contribution < 1.29 is 19.4 Å². The Hall–Kier alpha value is -1.79. The van der Waals surface area contributed by atoms with Crippen LogP contribution in [0.3, 0.4) is 0 Å². The standard InChI is InChI=1S/C15H22N2O4/c1-20-14-3-2-11(10-13(14)18)15(19)17-8-9-21-12-4-6-16-7-5-12/h2-3,10,12,16,18H,4-9H2,1H3,(H,17,19). The molecule has 6 heteroatoms. The van der Waals surface area contributed by atoms with E-state index in [0.717, 1.165) is 25.9 Å². The Labute approximate surface area is 124 Å². The largest absolute Gasteiger partial charge is 0.504 e. The average molecular weight is 294 g/mol. The van der Waals surface area contributed by atoms with Gasteiger partial charge in [0.25, 0.3) is 5.91 Å². The number of rotatable bonds is 6. The van der Waals surface area contributed by atoms with Crippen LogP contribution in [0, 0.1) is 0 Å². The van der Waals surface area contributed by atoms with E-state index in [1.165, 1.54) is 13.2 Å². The van der Waals surface area contributed by atoms with Gasteiger partial charge in [-0.05, 0) is 44.1 Å². The number of amides is 1. The maximum Gasteiger partial charge on any atom is 0.251 e. The minimum atomic E-state index is -0.234. The van der Waals surface area contributed by atoms with E-state index in [-0.39, 0.29) is 17.8 Å². The Balaban J connectivity index is 1.72. The quantitative estimate of drug-likeness (QED) is 0.679. The van der Waals surface area contributed by atoms with E-state index in [4.69, 9.17) is 9.47 Å². The molecule has 0 saturated carbocycles. The molecule has 1 aliphatic rings. The van der Waals surface area contributed by atoms with Crippen molar-refractivity contribution in [1.82, 2.24) is 10.6 Å². The fourth-order valence-corrected chi connectivity index (χ4v) is 2.29. The highest BCUT2D eigenvalue weighted by Gasteiger charge is 2.13. The second-order valence-electron chi connectivity index (χ2n) is 4.96. The van der Waals surface area contributed by atoms with Crippen molar-refractivity contribution in [2.24, 2.45) is 0 Å². The first-order valence-electron chi connectivity index (χ1n) is 7.18. The molecule has 1 fully saturated rings. The van der Waals surface area contributed by atoms with Gasteiger partial charge < -0.3 is 25.2 Å². The van der Waals surface area contributed by atoms with Crippen LogP contribution in [0.4, 0.5) is 0 Å². The SMILES string of the molecule is COc1ccc(C(=O)NCCOC2CCNCC2)cc1O. The molecule has 1 aromatic rings. The van der Waals surface area contributed by atoms with Gasteiger partial charge in [-0.1, -0.05) is 0 Å². The Morgan fingerprint density at radius 2 is 2.19 bits per heavy atom. The van der Waals surface area contributed by atoms with Crippen LogP contribution >= 0.6 is 0 Å². The van der Waals surface area contributed by atoms with E-state index in [1.54, 1.807) is 12.1 Å². The average Bonchev–Trinajstić information content (AvgIpc) is 2.52. The Kier molecular flexibility index (Phi) is 5.83. The van der Waals surface area contributed by atoms with Crippen LogP contribution in [-0.4, -0.2) is 50.5 Å². The maximum absolute atomic E-state index is 11.9. The molecule has 2 rings (SSSR count). The van der Waals surface area contributed by atoms with E-state index in [0.29, 0.717) is 24.5 Å². The molecular weight excluding hydrogens is 272 g/mol. The molecule has 0 atom stereocenters. The number of nitrogens with one attached hydrogen (secondary N) is 2. The smallest absolute Gasteiger partial charge is 0.251 e. The Morgan fingerprint density at radius 1 is 1.43 bits per heavy atom. The van der Waals surface area contributed by atoms with Gasteiger partial charge in [-0.3, -0.25) is 4.79 Å². The zero-order valence-electron chi connectivity index (χ0n) is 12.2. The molecule has 0 aliphatic carbocycles. The summed E-state index contributed by atoms with van der Waals surface area (Å²) in [7, 11) is 1.47. The van der Waals surface area contributed by atoms with Gasteiger partial charge in [0.05, 0.1) is 19.8 Å². The lowest BCUT2D eigenvalue weighted by atomic mass is 10.1. The van der Waals surface area contributed by atoms with E-state index in [2.05, 4.69) is 10.6 Å². The summed E-state index contributed by atoms with van der Waals surface area (Å²) in [5.74, 6) is 0.0683. The van der Waals surface area contributed by atoms with Crippen molar-refractivity contribution in [3.05, 3.63) is 23.8 Å². The number of carbonyl (C=O) groups excluding carboxylic acids is 1. The zero-order chi connectivity index (χ0) is 15.1. The lowest BCUT2D eigenvalue weighted by molar-refractivity contribution is 0.0343. The molecule has 116 valence electrons. The summed E-state index contributed by atoms with van der Waals surface area (Å²) in [4.78, 5) is 11.9. The predicted molar refractivity (Wildman–Crippen MR) is 78.8 cm³/mol. The number of methoxy groups -OCH3 is 1. The first-order chi connectivity index (χ1) is 10.2. The summed E-state index contributed by atoms with van der Waals surface area (Å²) in [5, 5.41) is 15.7. The minimum Gasteiger partial charge on any atom is -0.504 e. The van der Waals surface area contributed by atoms with Crippen LogP contribution in [0.2, 0.25) is 0 Å². The topological polar surface area (TPSA) is 79.8 Å². The van der Waals surface area contributed by atoms with Crippen molar-refractivity contribution in [1.29, 1.82) is 0 Å². The number of aromatic hydroxyl groups is 1. The summed E-state index contributed by atoms with van der Waals surface area (Å²) in [5.41, 5.74) is 0.398. The van der Waals surface area contributed by atoms with Gasteiger partial charge in [0.15, 0.2) is 11.5 Å². The summed E-state index contributed by atoms with van der Waals surface area (Å²) < 4.78 is 10.6. The van der Waals surface area contributed by atoms with E-state index < -0.39 is 0 Å². The molecule has 0 aromatic heterocycles. The summed E-state index contributed by atoms with van der Waals surface area (Å²) >= 11 is 0. The van der Waals surface area contributed by atoms with E-state index >= 15 is 0 Å². The van der Waals surface area contributed by atoms with Gasteiger partial charge in [0.1, 0.15) is 0 Å². The Morgan fingerprint density at radius 3 is 2.86 bits per heavy atom. The monoisotopic (exact) mass is 294 g/mol. The van der Waals surface area contributed by atoms with Gasteiger partial charge in [-0.15, -0.1) is 0 Å². The lowest BCUT2D eigenvalue weighted by Crippen LogP contribution is -2.34. The summed E-state index contributed by atoms with van der Waals surface area (Å²) in [6.45, 7) is 2.93. The van der Waals surface area contributed by atoms with Crippen LogP contribution in [0.25, 0.3) is 0 Å². The molecule has 3 N–H and O–H groups in total. The third kappa shape index (κ3) is 4.61. The molecule has 1 heterocycles. The number of phenols is 1. The van der Waals surface area contributed by atoms with Gasteiger partial charge in [-0.25, -0.2) is 0 Å². The summed E-state index contributed by atoms with van der Waals surface area (Å²) in [6, 6.07) is 4.57. The Bertz CT molecular complexity index is 473. The number of benzene rings is 1. The number of ether oxygens (including phenoxy) is 2. The zero-order valence-corrected chi connectivity index (χ0v) is 12.2. The molecule has 0 spiro atoms. The van der Waals surface area contributed by atoms with Crippen LogP contribution < -0.4 is 15.4 Å². The fourth-order valence-electron chi connectivity index (χ4n) is 2.29. The van der Waals surface area contributed by atoms with Crippen LogP contribution in [0.5, 0.6) is 11.5 Å². The van der Waals surface area contributed by atoms with E-state index in [9.17, 15) is 9.90 Å². The minimum absolute atomic E-state index is 0.0453. The third-order valence-electron chi connectivity index (χ3n) is 3.47. The van der Waals surface area contributed by atoms with E-state index in [1.807, 2.05) is 0 Å². The number of carbonyl (C=O) groups is 1. The highest BCUT2D eigenvalue weighted by atomic mass is 16.5. The molecule has 1 amide bonds. The van der Waals surface area contributed by atoms with Crippen LogP contribution in [0.15, 0.2) is 18.2 Å². The molecule has 0 unspecified atom stereocenters. The molecule has 1 saturated heterocycles. The van der Waals surface area contributed by atoms with Crippen molar-refractivity contribution in [2.75, 3.05) is 33.4 Å². The maximum atomic E-state index is 11.9. The third-order valence-corrected chi connectivity index (χ3v) is 3.47. The van der Waals surface area contributed by atoms with Crippen molar-refractivity contribution >= 4 is 5.91 Å². The van der Waals surface area contributed by atoms with Crippen LogP contribution in [0.1, 0.15) is 23.2 Å². The van der Waals surface area contributed by atoms with Gasteiger partial charge in [-0.2, -0.15) is 0 Å². The normalized spacial score (nSPS) is 15.7. The second kappa shape index (κ2) is 7.85. The molecule has 1 aliphatic heterocycles. The van der Waals surface area contributed by atoms with Crippen LogP contribution in [-0.2, 0) is 4.74 Å². The van der Waals surface area contributed by atoms with Gasteiger partial charge in [0, 0.05) is 12.1 Å². The fraction of sp³-hybridized carbons (Fsp3) is 0.533. The number of hydrogen-bond donors (Lipinski definition) is 3. The molecule has 6 nitrogen and oxygen atoms in total. The first kappa shape index (κ1) is 15.6. The lowest BCUT2D eigenvalue weighted by Gasteiger charge is -2.22.